The second kappa shape index (κ2) is 5.64. The molecule has 1 aromatic carbocycles. The lowest BCUT2D eigenvalue weighted by Crippen LogP contribution is -2.43. The lowest BCUT2D eigenvalue weighted by atomic mass is 9.99. The Kier molecular flexibility index (Phi) is 3.94. The average molecular weight is 247 g/mol. The van der Waals surface area contributed by atoms with Gasteiger partial charge in [-0.1, -0.05) is 6.07 Å². The Morgan fingerprint density at radius 1 is 1.39 bits per heavy atom. The molecule has 1 aliphatic heterocycles. The van der Waals surface area contributed by atoms with Crippen LogP contribution in [0, 0.1) is 5.92 Å². The van der Waals surface area contributed by atoms with Crippen LogP contribution in [0.2, 0.25) is 0 Å². The van der Waals surface area contributed by atoms with Crippen LogP contribution in [0.4, 0.5) is 5.69 Å². The maximum Gasteiger partial charge on any atom is 0.251 e. The molecule has 0 aliphatic carbocycles. The van der Waals surface area contributed by atoms with E-state index in [1.807, 2.05) is 0 Å². The van der Waals surface area contributed by atoms with Crippen molar-refractivity contribution in [2.75, 3.05) is 25.5 Å². The molecule has 5 nitrogen and oxygen atoms in total. The summed E-state index contributed by atoms with van der Waals surface area (Å²) < 4.78 is 0. The van der Waals surface area contributed by atoms with Crippen molar-refractivity contribution in [3.63, 3.8) is 0 Å². The normalized spacial score (nSPS) is 14.7. The number of hydrogen-bond donors (Lipinski definition) is 3. The summed E-state index contributed by atoms with van der Waals surface area (Å²) in [4.78, 5) is 23.2. The summed E-state index contributed by atoms with van der Waals surface area (Å²) in [5, 5.41) is 8.50. The molecule has 0 spiro atoms. The minimum absolute atomic E-state index is 0.00411. The van der Waals surface area contributed by atoms with Gasteiger partial charge in [-0.25, -0.2) is 0 Å². The minimum Gasteiger partial charge on any atom is -0.355 e. The zero-order chi connectivity index (χ0) is 13.0. The largest absolute Gasteiger partial charge is 0.355 e. The highest BCUT2D eigenvalue weighted by atomic mass is 16.2. The number of carbonyl (C=O) groups excluding carboxylic acids is 2. The maximum atomic E-state index is 11.7. The molecular weight excluding hydrogens is 230 g/mol. The van der Waals surface area contributed by atoms with Gasteiger partial charge in [0.1, 0.15) is 0 Å². The molecule has 0 radical (unpaired) electrons. The van der Waals surface area contributed by atoms with Gasteiger partial charge in [0.2, 0.25) is 5.91 Å². The van der Waals surface area contributed by atoms with Crippen LogP contribution in [0.1, 0.15) is 16.8 Å². The Morgan fingerprint density at radius 3 is 2.78 bits per heavy atom. The van der Waals surface area contributed by atoms with Gasteiger partial charge in [0, 0.05) is 24.7 Å². The summed E-state index contributed by atoms with van der Waals surface area (Å²) in [7, 11) is 1.58. The quantitative estimate of drug-likeness (QED) is 0.729. The molecule has 1 fully saturated rings. The van der Waals surface area contributed by atoms with E-state index < -0.39 is 0 Å². The van der Waals surface area contributed by atoms with Crippen LogP contribution in [0.3, 0.4) is 0 Å². The van der Waals surface area contributed by atoms with Gasteiger partial charge in [-0.2, -0.15) is 0 Å². The standard InChI is InChI=1S/C13H17N3O2/c1-14-13(18)10-3-2-4-11(6-10)16-12(17)5-9-7-15-8-9/h2-4,6,9,15H,5,7-8H2,1H3,(H,14,18)(H,16,17). The van der Waals surface area contributed by atoms with Crippen LogP contribution in [-0.4, -0.2) is 32.0 Å². The summed E-state index contributed by atoms with van der Waals surface area (Å²) >= 11 is 0. The lowest BCUT2D eigenvalue weighted by Gasteiger charge is -2.26. The van der Waals surface area contributed by atoms with Gasteiger partial charge in [0.25, 0.3) is 5.91 Å². The molecule has 0 atom stereocenters. The molecule has 1 aliphatic rings. The molecule has 2 rings (SSSR count). The number of amides is 2. The summed E-state index contributed by atoms with van der Waals surface area (Å²) in [6.07, 6.45) is 0.525. The van der Waals surface area contributed by atoms with Crippen molar-refractivity contribution in [3.05, 3.63) is 29.8 Å². The number of benzene rings is 1. The first-order chi connectivity index (χ1) is 8.69. The Labute approximate surface area is 106 Å². The minimum atomic E-state index is -0.158. The van der Waals surface area contributed by atoms with Crippen LogP contribution in [0.15, 0.2) is 24.3 Å². The predicted molar refractivity (Wildman–Crippen MR) is 69.4 cm³/mol. The highest BCUT2D eigenvalue weighted by Gasteiger charge is 2.20. The first kappa shape index (κ1) is 12.6. The van der Waals surface area contributed by atoms with Crippen LogP contribution in [0.25, 0.3) is 0 Å². The maximum absolute atomic E-state index is 11.7. The highest BCUT2D eigenvalue weighted by molar-refractivity contribution is 5.97. The van der Waals surface area contributed by atoms with Crippen LogP contribution < -0.4 is 16.0 Å². The van der Waals surface area contributed by atoms with Crippen LogP contribution >= 0.6 is 0 Å². The molecule has 1 saturated heterocycles. The van der Waals surface area contributed by atoms with Crippen molar-refractivity contribution in [3.8, 4) is 0 Å². The molecule has 1 heterocycles. The van der Waals surface area contributed by atoms with E-state index in [4.69, 9.17) is 0 Å². The van der Waals surface area contributed by atoms with E-state index in [0.29, 0.717) is 23.6 Å². The zero-order valence-corrected chi connectivity index (χ0v) is 10.3. The Balaban J connectivity index is 1.95. The fourth-order valence-electron chi connectivity index (χ4n) is 1.85. The molecular formula is C13H17N3O2. The molecule has 2 amide bonds. The molecule has 0 aromatic heterocycles. The molecule has 5 heteroatoms. The van der Waals surface area contributed by atoms with Crippen LogP contribution in [-0.2, 0) is 4.79 Å². The van der Waals surface area contributed by atoms with Crippen molar-refractivity contribution in [2.45, 2.75) is 6.42 Å². The number of hydrogen-bond acceptors (Lipinski definition) is 3. The number of carbonyl (C=O) groups is 2. The third-order valence-corrected chi connectivity index (χ3v) is 2.98. The first-order valence-electron chi connectivity index (χ1n) is 6.02. The van der Waals surface area contributed by atoms with Gasteiger partial charge in [-0.3, -0.25) is 9.59 Å². The molecule has 3 N–H and O–H groups in total. The lowest BCUT2D eigenvalue weighted by molar-refractivity contribution is -0.117. The molecule has 0 saturated carbocycles. The number of rotatable bonds is 4. The van der Waals surface area contributed by atoms with Crippen LogP contribution in [0.5, 0.6) is 0 Å². The van der Waals surface area contributed by atoms with E-state index >= 15 is 0 Å². The first-order valence-corrected chi connectivity index (χ1v) is 6.02. The Morgan fingerprint density at radius 2 is 2.17 bits per heavy atom. The van der Waals surface area contributed by atoms with E-state index in [0.717, 1.165) is 13.1 Å². The van der Waals surface area contributed by atoms with Gasteiger partial charge in [0.05, 0.1) is 0 Å². The number of nitrogens with one attached hydrogen (secondary N) is 3. The van der Waals surface area contributed by atoms with E-state index in [9.17, 15) is 9.59 Å². The summed E-state index contributed by atoms with van der Waals surface area (Å²) in [5.41, 5.74) is 1.20. The van der Waals surface area contributed by atoms with E-state index in [1.165, 1.54) is 0 Å². The highest BCUT2D eigenvalue weighted by Crippen LogP contribution is 2.13. The van der Waals surface area contributed by atoms with Crippen molar-refractivity contribution in [2.24, 2.45) is 5.92 Å². The Hall–Kier alpha value is -1.88. The van der Waals surface area contributed by atoms with Crippen molar-refractivity contribution < 1.29 is 9.59 Å². The second-order valence-electron chi connectivity index (χ2n) is 4.44. The predicted octanol–water partition coefficient (Wildman–Crippen LogP) is 0.594. The summed E-state index contributed by atoms with van der Waals surface area (Å²) in [5.74, 6) is 0.275. The Bertz CT molecular complexity index is 455. The fourth-order valence-corrected chi connectivity index (χ4v) is 1.85. The fraction of sp³-hybridized carbons (Fsp3) is 0.385. The molecule has 96 valence electrons. The molecule has 18 heavy (non-hydrogen) atoms. The number of anilines is 1. The van der Waals surface area contributed by atoms with Gasteiger partial charge >= 0.3 is 0 Å². The molecule has 0 bridgehead atoms. The topological polar surface area (TPSA) is 70.2 Å². The van der Waals surface area contributed by atoms with Gasteiger partial charge in [0.15, 0.2) is 0 Å². The molecule has 0 unspecified atom stereocenters. The monoisotopic (exact) mass is 247 g/mol. The van der Waals surface area contributed by atoms with Crippen molar-refractivity contribution >= 4 is 17.5 Å². The average Bonchev–Trinajstić information content (AvgIpc) is 2.33. The smallest absolute Gasteiger partial charge is 0.251 e. The SMILES string of the molecule is CNC(=O)c1cccc(NC(=O)CC2CNC2)c1. The van der Waals surface area contributed by atoms with Crippen molar-refractivity contribution in [1.82, 2.24) is 10.6 Å². The summed E-state index contributed by atoms with van der Waals surface area (Å²) in [6, 6.07) is 6.93. The zero-order valence-electron chi connectivity index (χ0n) is 10.3. The van der Waals surface area contributed by atoms with E-state index in [-0.39, 0.29) is 11.8 Å². The van der Waals surface area contributed by atoms with Gasteiger partial charge in [-0.05, 0) is 37.2 Å². The van der Waals surface area contributed by atoms with E-state index in [1.54, 1.807) is 31.3 Å². The summed E-state index contributed by atoms with van der Waals surface area (Å²) in [6.45, 7) is 1.82. The van der Waals surface area contributed by atoms with Gasteiger partial charge < -0.3 is 16.0 Å². The second-order valence-corrected chi connectivity index (χ2v) is 4.44. The third kappa shape index (κ3) is 3.07. The van der Waals surface area contributed by atoms with Crippen molar-refractivity contribution in [1.29, 1.82) is 0 Å². The molecule has 1 aromatic rings. The van der Waals surface area contributed by atoms with Gasteiger partial charge in [-0.15, -0.1) is 0 Å². The third-order valence-electron chi connectivity index (χ3n) is 2.98. The van der Waals surface area contributed by atoms with E-state index in [2.05, 4.69) is 16.0 Å².